The molecule has 3 heteroatoms. The van der Waals surface area contributed by atoms with Crippen LogP contribution in [-0.2, 0) is 14.3 Å². The molecule has 3 nitrogen and oxygen atoms in total. The van der Waals surface area contributed by atoms with Gasteiger partial charge in [-0.25, -0.2) is 4.79 Å². The standard InChI is InChI=1S/C16H30O3/c1-5-6-7-8-9-10-11-12-15(13-18-4)19-16(17)14(2)3/h15H,2,5-13H2,1,3-4H3. The molecule has 0 saturated carbocycles. The second-order valence-corrected chi connectivity index (χ2v) is 5.17. The van der Waals surface area contributed by atoms with Gasteiger partial charge in [-0.3, -0.25) is 0 Å². The van der Waals surface area contributed by atoms with E-state index in [0.717, 1.165) is 12.8 Å². The third-order valence-electron chi connectivity index (χ3n) is 3.10. The highest BCUT2D eigenvalue weighted by Gasteiger charge is 2.14. The van der Waals surface area contributed by atoms with E-state index in [2.05, 4.69) is 13.5 Å². The predicted octanol–water partition coefficient (Wildman–Crippen LogP) is 4.26. The van der Waals surface area contributed by atoms with Crippen LogP contribution in [0.1, 0.15) is 65.2 Å². The first kappa shape index (κ1) is 18.2. The maximum atomic E-state index is 11.5. The zero-order valence-electron chi connectivity index (χ0n) is 12.9. The van der Waals surface area contributed by atoms with Crippen LogP contribution in [0.4, 0.5) is 0 Å². The lowest BCUT2D eigenvalue weighted by Crippen LogP contribution is -2.23. The summed E-state index contributed by atoms with van der Waals surface area (Å²) in [4.78, 5) is 11.5. The van der Waals surface area contributed by atoms with Gasteiger partial charge in [-0.2, -0.15) is 0 Å². The van der Waals surface area contributed by atoms with Gasteiger partial charge < -0.3 is 9.47 Å². The largest absolute Gasteiger partial charge is 0.457 e. The Balaban J connectivity index is 3.70. The number of methoxy groups -OCH3 is 1. The minimum absolute atomic E-state index is 0.134. The summed E-state index contributed by atoms with van der Waals surface area (Å²) in [5.74, 6) is -0.315. The van der Waals surface area contributed by atoms with Gasteiger partial charge in [0.15, 0.2) is 0 Å². The number of hydrogen-bond donors (Lipinski definition) is 0. The second kappa shape index (κ2) is 12.2. The van der Waals surface area contributed by atoms with Gasteiger partial charge in [-0.05, 0) is 19.8 Å². The van der Waals surface area contributed by atoms with Crippen LogP contribution in [-0.4, -0.2) is 25.8 Å². The van der Waals surface area contributed by atoms with Crippen LogP contribution in [0.15, 0.2) is 12.2 Å². The molecule has 0 aliphatic carbocycles. The summed E-state index contributed by atoms with van der Waals surface area (Å²) in [5, 5.41) is 0. The predicted molar refractivity (Wildman–Crippen MR) is 79.2 cm³/mol. The molecule has 0 aromatic carbocycles. The summed E-state index contributed by atoms with van der Waals surface area (Å²) in [7, 11) is 1.63. The average molecular weight is 270 g/mol. The van der Waals surface area contributed by atoms with Crippen molar-refractivity contribution in [1.82, 2.24) is 0 Å². The normalized spacial score (nSPS) is 12.2. The highest BCUT2D eigenvalue weighted by molar-refractivity contribution is 5.87. The average Bonchev–Trinajstić information content (AvgIpc) is 2.37. The number of ether oxygens (including phenoxy) is 2. The van der Waals surface area contributed by atoms with Crippen molar-refractivity contribution in [3.05, 3.63) is 12.2 Å². The van der Waals surface area contributed by atoms with Crippen LogP contribution in [0.25, 0.3) is 0 Å². The van der Waals surface area contributed by atoms with Crippen molar-refractivity contribution in [2.75, 3.05) is 13.7 Å². The van der Waals surface area contributed by atoms with Gasteiger partial charge >= 0.3 is 5.97 Å². The van der Waals surface area contributed by atoms with Crippen molar-refractivity contribution in [1.29, 1.82) is 0 Å². The summed E-state index contributed by atoms with van der Waals surface area (Å²) in [6, 6.07) is 0. The molecule has 0 amide bonds. The number of carbonyl (C=O) groups excluding carboxylic acids is 1. The molecule has 0 fully saturated rings. The minimum atomic E-state index is -0.315. The first-order chi connectivity index (χ1) is 9.11. The van der Waals surface area contributed by atoms with Crippen molar-refractivity contribution in [3.63, 3.8) is 0 Å². The number of esters is 1. The van der Waals surface area contributed by atoms with E-state index < -0.39 is 0 Å². The topological polar surface area (TPSA) is 35.5 Å². The minimum Gasteiger partial charge on any atom is -0.457 e. The van der Waals surface area contributed by atoms with Crippen LogP contribution in [0.2, 0.25) is 0 Å². The summed E-state index contributed by atoms with van der Waals surface area (Å²) in [6.07, 6.45) is 9.57. The number of hydrogen-bond acceptors (Lipinski definition) is 3. The Kier molecular flexibility index (Phi) is 11.7. The highest BCUT2D eigenvalue weighted by Crippen LogP contribution is 2.12. The fraction of sp³-hybridized carbons (Fsp3) is 0.812. The zero-order chi connectivity index (χ0) is 14.5. The molecule has 0 aliphatic heterocycles. The molecule has 0 radical (unpaired) electrons. The molecule has 0 aromatic heterocycles. The zero-order valence-corrected chi connectivity index (χ0v) is 12.9. The van der Waals surface area contributed by atoms with Gasteiger partial charge in [0.05, 0.1) is 6.61 Å². The molecule has 0 N–H and O–H groups in total. The van der Waals surface area contributed by atoms with Gasteiger partial charge in [0.1, 0.15) is 6.10 Å². The maximum absolute atomic E-state index is 11.5. The number of carbonyl (C=O) groups is 1. The summed E-state index contributed by atoms with van der Waals surface area (Å²) < 4.78 is 10.4. The van der Waals surface area contributed by atoms with Gasteiger partial charge in [-0.1, -0.05) is 52.0 Å². The lowest BCUT2D eigenvalue weighted by atomic mass is 10.1. The molecule has 1 atom stereocenters. The maximum Gasteiger partial charge on any atom is 0.333 e. The lowest BCUT2D eigenvalue weighted by Gasteiger charge is -2.17. The molecule has 0 bridgehead atoms. The molecular formula is C16H30O3. The van der Waals surface area contributed by atoms with E-state index in [-0.39, 0.29) is 12.1 Å². The van der Waals surface area contributed by atoms with E-state index in [1.807, 2.05) is 0 Å². The third kappa shape index (κ3) is 10.8. The summed E-state index contributed by atoms with van der Waals surface area (Å²) in [5.41, 5.74) is 0.445. The monoisotopic (exact) mass is 270 g/mol. The molecule has 0 rings (SSSR count). The van der Waals surface area contributed by atoms with Crippen molar-refractivity contribution >= 4 is 5.97 Å². The molecule has 0 heterocycles. The van der Waals surface area contributed by atoms with E-state index in [4.69, 9.17) is 9.47 Å². The Hall–Kier alpha value is -0.830. The Morgan fingerprint density at radius 1 is 1.11 bits per heavy atom. The smallest absolute Gasteiger partial charge is 0.333 e. The van der Waals surface area contributed by atoms with Crippen molar-refractivity contribution in [2.24, 2.45) is 0 Å². The first-order valence-electron chi connectivity index (χ1n) is 7.47. The molecule has 19 heavy (non-hydrogen) atoms. The van der Waals surface area contributed by atoms with Crippen molar-refractivity contribution in [3.8, 4) is 0 Å². The number of unbranched alkanes of at least 4 members (excludes halogenated alkanes) is 6. The van der Waals surface area contributed by atoms with E-state index in [9.17, 15) is 4.79 Å². The van der Waals surface area contributed by atoms with Crippen LogP contribution in [0.5, 0.6) is 0 Å². The van der Waals surface area contributed by atoms with E-state index in [1.165, 1.54) is 38.5 Å². The third-order valence-corrected chi connectivity index (χ3v) is 3.10. The Morgan fingerprint density at radius 3 is 2.21 bits per heavy atom. The molecule has 0 aromatic rings. The van der Waals surface area contributed by atoms with Crippen molar-refractivity contribution < 1.29 is 14.3 Å². The van der Waals surface area contributed by atoms with Crippen LogP contribution in [0, 0.1) is 0 Å². The van der Waals surface area contributed by atoms with Crippen LogP contribution < -0.4 is 0 Å². The van der Waals surface area contributed by atoms with Gasteiger partial charge in [0, 0.05) is 12.7 Å². The first-order valence-corrected chi connectivity index (χ1v) is 7.47. The molecule has 0 aliphatic rings. The molecular weight excluding hydrogens is 240 g/mol. The van der Waals surface area contributed by atoms with E-state index in [0.29, 0.717) is 12.2 Å². The summed E-state index contributed by atoms with van der Waals surface area (Å²) in [6.45, 7) is 7.95. The molecule has 0 spiro atoms. The quantitative estimate of drug-likeness (QED) is 0.302. The van der Waals surface area contributed by atoms with E-state index in [1.54, 1.807) is 14.0 Å². The molecule has 112 valence electrons. The molecule has 0 saturated heterocycles. The van der Waals surface area contributed by atoms with Gasteiger partial charge in [0.25, 0.3) is 0 Å². The second-order valence-electron chi connectivity index (χ2n) is 5.17. The fourth-order valence-corrected chi connectivity index (χ4v) is 1.94. The highest BCUT2D eigenvalue weighted by atomic mass is 16.6. The van der Waals surface area contributed by atoms with Gasteiger partial charge in [0.2, 0.25) is 0 Å². The van der Waals surface area contributed by atoms with E-state index >= 15 is 0 Å². The van der Waals surface area contributed by atoms with Crippen LogP contribution in [0.3, 0.4) is 0 Å². The number of rotatable bonds is 12. The lowest BCUT2D eigenvalue weighted by molar-refractivity contribution is -0.147. The Labute approximate surface area is 118 Å². The van der Waals surface area contributed by atoms with Gasteiger partial charge in [-0.15, -0.1) is 0 Å². The Morgan fingerprint density at radius 2 is 1.68 bits per heavy atom. The van der Waals surface area contributed by atoms with Crippen LogP contribution >= 0.6 is 0 Å². The van der Waals surface area contributed by atoms with Crippen molar-refractivity contribution in [2.45, 2.75) is 71.3 Å². The SMILES string of the molecule is C=C(C)C(=O)OC(CCCCCCCCC)COC. The molecule has 1 unspecified atom stereocenters. The fourth-order valence-electron chi connectivity index (χ4n) is 1.94. The Bertz CT molecular complexity index is 248. The summed E-state index contributed by atoms with van der Waals surface area (Å²) >= 11 is 0.